The van der Waals surface area contributed by atoms with Crippen molar-refractivity contribution in [2.45, 2.75) is 32.2 Å². The molecule has 2 aromatic rings. The number of allylic oxidation sites excluding steroid dienone is 1. The van der Waals surface area contributed by atoms with Gasteiger partial charge in [0.05, 0.1) is 38.0 Å². The summed E-state index contributed by atoms with van der Waals surface area (Å²) >= 11 is 1.45. The number of aromatic nitrogens is 1. The van der Waals surface area contributed by atoms with Crippen molar-refractivity contribution < 1.29 is 19.1 Å². The van der Waals surface area contributed by atoms with Crippen molar-refractivity contribution in [3.63, 3.8) is 0 Å². The first kappa shape index (κ1) is 24.5. The van der Waals surface area contributed by atoms with Gasteiger partial charge < -0.3 is 19.7 Å². The highest BCUT2D eigenvalue weighted by Crippen LogP contribution is 2.47. The van der Waals surface area contributed by atoms with Crippen LogP contribution in [0.4, 0.5) is 0 Å². The fourth-order valence-corrected chi connectivity index (χ4v) is 5.14. The second kappa shape index (κ2) is 11.2. The van der Waals surface area contributed by atoms with Crippen molar-refractivity contribution in [3.05, 3.63) is 82.3 Å². The molecule has 0 aliphatic carbocycles. The molecule has 0 radical (unpaired) electrons. The lowest BCUT2D eigenvalue weighted by molar-refractivity contribution is -0.136. The maximum absolute atomic E-state index is 13.0. The molecule has 1 amide bonds. The molecule has 182 valence electrons. The van der Waals surface area contributed by atoms with Gasteiger partial charge in [-0.25, -0.2) is 9.79 Å². The van der Waals surface area contributed by atoms with Crippen molar-refractivity contribution in [1.29, 1.82) is 0 Å². The van der Waals surface area contributed by atoms with Gasteiger partial charge in [-0.2, -0.15) is 0 Å². The Hall–Kier alpha value is -3.59. The average molecular weight is 493 g/mol. The number of carbonyl (C=O) groups excluding carboxylic acids is 2. The molecule has 0 unspecified atom stereocenters. The number of amides is 1. The van der Waals surface area contributed by atoms with E-state index in [1.54, 1.807) is 13.3 Å². The van der Waals surface area contributed by atoms with E-state index in [9.17, 15) is 9.59 Å². The van der Waals surface area contributed by atoms with Crippen LogP contribution in [-0.2, 0) is 20.7 Å². The van der Waals surface area contributed by atoms with Crippen LogP contribution in [0, 0.1) is 0 Å². The summed E-state index contributed by atoms with van der Waals surface area (Å²) in [5.74, 6) is 0.0842. The highest BCUT2D eigenvalue weighted by atomic mass is 32.2. The van der Waals surface area contributed by atoms with E-state index in [0.29, 0.717) is 36.4 Å². The summed E-state index contributed by atoms with van der Waals surface area (Å²) < 4.78 is 10.8. The normalized spacial score (nSPS) is 16.9. The number of benzene rings is 1. The summed E-state index contributed by atoms with van der Waals surface area (Å²) in [7, 11) is 2.97. The second-order valence-electron chi connectivity index (χ2n) is 7.94. The van der Waals surface area contributed by atoms with Crippen LogP contribution in [0.3, 0.4) is 0 Å². The van der Waals surface area contributed by atoms with Gasteiger partial charge in [0, 0.05) is 36.1 Å². The third-order valence-electron chi connectivity index (χ3n) is 5.83. The van der Waals surface area contributed by atoms with Gasteiger partial charge in [-0.05, 0) is 30.0 Å². The summed E-state index contributed by atoms with van der Waals surface area (Å²) in [5, 5.41) is 5.62. The van der Waals surface area contributed by atoms with Crippen molar-refractivity contribution >= 4 is 28.8 Å². The number of nitrogens with zero attached hydrogens (tertiary/aromatic N) is 3. The molecule has 8 nitrogen and oxygen atoms in total. The molecule has 2 aliphatic rings. The van der Waals surface area contributed by atoms with E-state index in [2.05, 4.69) is 10.3 Å². The highest BCUT2D eigenvalue weighted by Gasteiger charge is 2.42. The highest BCUT2D eigenvalue weighted by molar-refractivity contribution is 8.16. The number of carbonyl (C=O) groups is 2. The molecule has 0 spiro atoms. The molecule has 1 atom stereocenters. The van der Waals surface area contributed by atoms with Crippen LogP contribution in [0.5, 0.6) is 5.75 Å². The summed E-state index contributed by atoms with van der Waals surface area (Å²) in [4.78, 5) is 36.8. The number of nitrogens with one attached hydrogen (secondary N) is 1. The second-order valence-corrected chi connectivity index (χ2v) is 8.78. The number of amidine groups is 1. The van der Waals surface area contributed by atoms with Crippen LogP contribution < -0.4 is 10.1 Å². The minimum Gasteiger partial charge on any atom is -0.496 e. The number of thioether (sulfide) groups is 1. The zero-order chi connectivity index (χ0) is 24.8. The number of ether oxygens (including phenoxy) is 2. The standard InChI is InChI=1S/C26H28N4O4S/c1-4-20-23(25(32)34-3)24(19-10-5-6-11-21(19)33-2)30-18(16-35-26(30)29-20)15-22(31)28-14-12-17-9-7-8-13-27-17/h5-11,13,16,24H,4,12,14-15H2,1-3H3,(H,28,31)/t24-/m0/s1. The first-order valence-electron chi connectivity index (χ1n) is 11.4. The number of aliphatic imine (C=N–C) groups is 1. The number of hydrogen-bond acceptors (Lipinski definition) is 8. The third-order valence-corrected chi connectivity index (χ3v) is 6.72. The van der Waals surface area contributed by atoms with Crippen LogP contribution >= 0.6 is 11.8 Å². The van der Waals surface area contributed by atoms with E-state index < -0.39 is 12.0 Å². The van der Waals surface area contributed by atoms with Gasteiger partial charge in [0.2, 0.25) is 5.91 Å². The van der Waals surface area contributed by atoms with E-state index in [-0.39, 0.29) is 12.3 Å². The molecular weight excluding hydrogens is 464 g/mol. The van der Waals surface area contributed by atoms with Gasteiger partial charge in [0.25, 0.3) is 0 Å². The quantitative estimate of drug-likeness (QED) is 0.529. The Labute approximate surface area is 209 Å². The number of para-hydroxylation sites is 1. The maximum atomic E-state index is 13.0. The molecular formula is C26H28N4O4S. The van der Waals surface area contributed by atoms with Crippen LogP contribution in [-0.4, -0.2) is 47.7 Å². The number of pyridine rings is 1. The molecule has 0 fully saturated rings. The lowest BCUT2D eigenvalue weighted by atomic mass is 9.92. The van der Waals surface area contributed by atoms with Gasteiger partial charge in [0.1, 0.15) is 5.75 Å². The molecule has 2 aliphatic heterocycles. The molecule has 0 saturated heterocycles. The predicted octanol–water partition coefficient (Wildman–Crippen LogP) is 3.98. The van der Waals surface area contributed by atoms with Crippen LogP contribution in [0.1, 0.15) is 37.1 Å². The maximum Gasteiger partial charge on any atom is 0.338 e. The molecule has 35 heavy (non-hydrogen) atoms. The summed E-state index contributed by atoms with van der Waals surface area (Å²) in [6, 6.07) is 12.8. The zero-order valence-corrected chi connectivity index (χ0v) is 20.8. The molecule has 0 bridgehead atoms. The van der Waals surface area contributed by atoms with E-state index in [1.807, 2.05) is 59.7 Å². The van der Waals surface area contributed by atoms with E-state index in [4.69, 9.17) is 14.5 Å². The predicted molar refractivity (Wildman–Crippen MR) is 136 cm³/mol. The van der Waals surface area contributed by atoms with Gasteiger partial charge >= 0.3 is 5.97 Å². The Morgan fingerprint density at radius 2 is 1.94 bits per heavy atom. The van der Waals surface area contributed by atoms with Gasteiger partial charge in [0.15, 0.2) is 5.17 Å². The van der Waals surface area contributed by atoms with E-state index in [1.165, 1.54) is 18.9 Å². The van der Waals surface area contributed by atoms with Crippen molar-refractivity contribution in [2.24, 2.45) is 4.99 Å². The first-order chi connectivity index (χ1) is 17.1. The SMILES string of the molecule is CCC1=C(C(=O)OC)[C@H](c2ccccc2OC)N2C(CC(=O)NCCc3ccccn3)=CSC2=N1. The molecule has 1 aromatic carbocycles. The largest absolute Gasteiger partial charge is 0.496 e. The minimum atomic E-state index is -0.524. The monoisotopic (exact) mass is 492 g/mol. The minimum absolute atomic E-state index is 0.113. The van der Waals surface area contributed by atoms with Crippen molar-refractivity contribution in [2.75, 3.05) is 20.8 Å². The van der Waals surface area contributed by atoms with Crippen molar-refractivity contribution in [1.82, 2.24) is 15.2 Å². The van der Waals surface area contributed by atoms with Gasteiger partial charge in [-0.3, -0.25) is 9.78 Å². The van der Waals surface area contributed by atoms with Crippen LogP contribution in [0.25, 0.3) is 0 Å². The van der Waals surface area contributed by atoms with Crippen LogP contribution in [0.15, 0.2) is 76.0 Å². The number of rotatable bonds is 9. The Morgan fingerprint density at radius 3 is 2.66 bits per heavy atom. The molecule has 9 heteroatoms. The van der Waals surface area contributed by atoms with Gasteiger partial charge in [-0.15, -0.1) is 0 Å². The molecule has 1 N–H and O–H groups in total. The summed E-state index contributed by atoms with van der Waals surface area (Å²) in [6.45, 7) is 2.45. The Bertz CT molecular complexity index is 1190. The Morgan fingerprint density at radius 1 is 1.14 bits per heavy atom. The lowest BCUT2D eigenvalue weighted by Gasteiger charge is -2.37. The number of hydrogen-bond donors (Lipinski definition) is 1. The van der Waals surface area contributed by atoms with Crippen molar-refractivity contribution in [3.8, 4) is 5.75 Å². The molecule has 4 rings (SSSR count). The summed E-state index contributed by atoms with van der Waals surface area (Å²) in [5.41, 5.74) is 3.60. The molecule has 3 heterocycles. The van der Waals surface area contributed by atoms with Crippen LogP contribution in [0.2, 0.25) is 0 Å². The topological polar surface area (TPSA) is 93.1 Å². The fourth-order valence-electron chi connectivity index (χ4n) is 4.20. The number of methoxy groups -OCH3 is 2. The fraction of sp³-hybridized carbons (Fsp3) is 0.308. The third kappa shape index (κ3) is 5.24. The lowest BCUT2D eigenvalue weighted by Crippen LogP contribution is -2.38. The Balaban J connectivity index is 1.60. The average Bonchev–Trinajstić information content (AvgIpc) is 3.29. The number of fused-ring (bicyclic) bond motifs is 1. The number of esters is 1. The van der Waals surface area contributed by atoms with E-state index in [0.717, 1.165) is 22.1 Å². The Kier molecular flexibility index (Phi) is 7.87. The van der Waals surface area contributed by atoms with E-state index >= 15 is 0 Å². The summed E-state index contributed by atoms with van der Waals surface area (Å²) in [6.07, 6.45) is 3.10. The molecule has 1 aromatic heterocycles. The zero-order valence-electron chi connectivity index (χ0n) is 20.0. The first-order valence-corrected chi connectivity index (χ1v) is 12.3. The molecule has 0 saturated carbocycles. The van der Waals surface area contributed by atoms with Gasteiger partial charge in [-0.1, -0.05) is 43.0 Å². The smallest absolute Gasteiger partial charge is 0.338 e.